The maximum Gasteiger partial charge on any atom is 0.0587 e. The molecule has 0 unspecified atom stereocenters. The third kappa shape index (κ3) is 56.9. The van der Waals surface area contributed by atoms with Gasteiger partial charge in [0.15, 0.2) is 0 Å². The van der Waals surface area contributed by atoms with E-state index in [0.717, 1.165) is 7.11 Å². The third-order valence-corrected chi connectivity index (χ3v) is 0. The summed E-state index contributed by atoms with van der Waals surface area (Å²) in [7, 11) is 1.00. The first-order chi connectivity index (χ1) is 2.41. The van der Waals surface area contributed by atoms with Gasteiger partial charge in [0.25, 0.3) is 0 Å². The standard InChI is InChI=1S/C2H3N.CH4O.H2O/c1-2-3;1-2;/h1H3;2H,1H3;1H2. The van der Waals surface area contributed by atoms with Crippen LogP contribution in [0, 0.1) is 11.3 Å². The summed E-state index contributed by atoms with van der Waals surface area (Å²) in [5.41, 5.74) is 0. The molecule has 0 heterocycles. The van der Waals surface area contributed by atoms with Gasteiger partial charge < -0.3 is 10.6 Å². The van der Waals surface area contributed by atoms with Crippen LogP contribution in [0.15, 0.2) is 0 Å². The van der Waals surface area contributed by atoms with Gasteiger partial charge in [0, 0.05) is 14.0 Å². The number of hydrogen-bond donors (Lipinski definition) is 1. The van der Waals surface area contributed by atoms with Crippen molar-refractivity contribution in [2.45, 2.75) is 6.92 Å². The van der Waals surface area contributed by atoms with Gasteiger partial charge in [-0.25, -0.2) is 0 Å². The van der Waals surface area contributed by atoms with Gasteiger partial charge in [-0.15, -0.1) is 0 Å². The van der Waals surface area contributed by atoms with E-state index in [2.05, 4.69) is 0 Å². The monoisotopic (exact) mass is 91.1 g/mol. The lowest BCUT2D eigenvalue weighted by Crippen LogP contribution is -1.25. The van der Waals surface area contributed by atoms with Crippen molar-refractivity contribution in [2.24, 2.45) is 0 Å². The summed E-state index contributed by atoms with van der Waals surface area (Å²) >= 11 is 0. The number of nitriles is 1. The second-order valence-corrected chi connectivity index (χ2v) is 0.224. The Hall–Kier alpha value is -0.590. The topological polar surface area (TPSA) is 75.5 Å². The Morgan fingerprint density at radius 1 is 1.50 bits per heavy atom. The van der Waals surface area contributed by atoms with Crippen molar-refractivity contribution in [1.82, 2.24) is 0 Å². The average Bonchev–Trinajstić information content (AvgIpc) is 1.46. The summed E-state index contributed by atoms with van der Waals surface area (Å²) < 4.78 is 0. The molecule has 3 nitrogen and oxygen atoms in total. The fourth-order valence-electron chi connectivity index (χ4n) is 0. The van der Waals surface area contributed by atoms with Crippen LogP contribution in [0.5, 0.6) is 0 Å². The summed E-state index contributed by atoms with van der Waals surface area (Å²) in [6.07, 6.45) is 0. The Morgan fingerprint density at radius 2 is 1.50 bits per heavy atom. The first kappa shape index (κ1) is 18.1. The van der Waals surface area contributed by atoms with Crippen LogP contribution in [0.1, 0.15) is 6.92 Å². The van der Waals surface area contributed by atoms with Gasteiger partial charge in [0.05, 0.1) is 6.07 Å². The highest BCUT2D eigenvalue weighted by Crippen LogP contribution is 1.21. The molecule has 0 rings (SSSR count). The summed E-state index contributed by atoms with van der Waals surface area (Å²) in [6.45, 7) is 1.43. The SMILES string of the molecule is CC#N.CO.O. The molecule has 0 aliphatic heterocycles. The van der Waals surface area contributed by atoms with Crippen LogP contribution < -0.4 is 0 Å². The predicted molar refractivity (Wildman–Crippen MR) is 23.0 cm³/mol. The summed E-state index contributed by atoms with van der Waals surface area (Å²) in [6, 6.07) is 1.75. The minimum atomic E-state index is 0. The summed E-state index contributed by atoms with van der Waals surface area (Å²) in [5.74, 6) is 0. The molecule has 0 saturated carbocycles. The Balaban J connectivity index is -0.0000000275. The molecule has 38 valence electrons. The Bertz CT molecular complexity index is 30.3. The second-order valence-electron chi connectivity index (χ2n) is 0.224. The van der Waals surface area contributed by atoms with Crippen LogP contribution >= 0.6 is 0 Å². The normalized spacial score (nSPS) is 2.33. The molecule has 0 atom stereocenters. The first-order valence-electron chi connectivity index (χ1n) is 1.17. The number of hydrogen-bond acceptors (Lipinski definition) is 2. The highest BCUT2D eigenvalue weighted by Gasteiger charge is 1.17. The minimum absolute atomic E-state index is 0. The van der Waals surface area contributed by atoms with Crippen molar-refractivity contribution in [3.8, 4) is 6.07 Å². The van der Waals surface area contributed by atoms with Crippen LogP contribution in [0.2, 0.25) is 0 Å². The van der Waals surface area contributed by atoms with Crippen molar-refractivity contribution in [2.75, 3.05) is 7.11 Å². The molecule has 6 heavy (non-hydrogen) atoms. The molecule has 3 N–H and O–H groups in total. The highest BCUT2D eigenvalue weighted by molar-refractivity contribution is 4.51. The molecule has 0 radical (unpaired) electrons. The molecule has 0 amide bonds. The van der Waals surface area contributed by atoms with Crippen LogP contribution in [0.25, 0.3) is 0 Å². The number of nitrogens with zero attached hydrogens (tertiary/aromatic N) is 1. The van der Waals surface area contributed by atoms with Gasteiger partial charge >= 0.3 is 0 Å². The van der Waals surface area contributed by atoms with Crippen LogP contribution in [-0.2, 0) is 0 Å². The van der Waals surface area contributed by atoms with Crippen LogP contribution in [0.3, 0.4) is 0 Å². The molecule has 0 aliphatic rings. The molecular formula is C3H9NO2. The van der Waals surface area contributed by atoms with Gasteiger partial charge in [0.1, 0.15) is 0 Å². The van der Waals surface area contributed by atoms with E-state index in [-0.39, 0.29) is 5.48 Å². The molecular weight excluding hydrogens is 82.0 g/mol. The lowest BCUT2D eigenvalue weighted by atomic mass is 11.0. The predicted octanol–water partition coefficient (Wildman–Crippen LogP) is -0.686. The molecule has 0 bridgehead atoms. The van der Waals surface area contributed by atoms with Crippen molar-refractivity contribution in [3.05, 3.63) is 0 Å². The van der Waals surface area contributed by atoms with E-state index in [1.54, 1.807) is 6.07 Å². The fourth-order valence-corrected chi connectivity index (χ4v) is 0. The largest absolute Gasteiger partial charge is 0.412 e. The molecule has 0 fully saturated rings. The van der Waals surface area contributed by atoms with Gasteiger partial charge in [-0.05, 0) is 0 Å². The molecule has 0 aromatic carbocycles. The molecule has 3 heteroatoms. The number of aliphatic hydroxyl groups excluding tert-OH is 1. The van der Waals surface area contributed by atoms with Crippen molar-refractivity contribution in [1.29, 1.82) is 5.26 Å². The molecule has 0 saturated heterocycles. The smallest absolute Gasteiger partial charge is 0.0587 e. The third-order valence-electron chi connectivity index (χ3n) is 0. The van der Waals surface area contributed by atoms with E-state index in [4.69, 9.17) is 10.4 Å². The van der Waals surface area contributed by atoms with Gasteiger partial charge in [-0.2, -0.15) is 5.26 Å². The Morgan fingerprint density at radius 3 is 1.50 bits per heavy atom. The van der Waals surface area contributed by atoms with Gasteiger partial charge in [-0.1, -0.05) is 0 Å². The number of rotatable bonds is 0. The number of aliphatic hydroxyl groups is 1. The van der Waals surface area contributed by atoms with E-state index in [9.17, 15) is 0 Å². The quantitative estimate of drug-likeness (QED) is 0.428. The van der Waals surface area contributed by atoms with Gasteiger partial charge in [0.2, 0.25) is 0 Å². The van der Waals surface area contributed by atoms with Gasteiger partial charge in [-0.3, -0.25) is 0 Å². The maximum atomic E-state index is 7.32. The Kier molecular flexibility index (Phi) is 921. The van der Waals surface area contributed by atoms with Crippen LogP contribution in [-0.4, -0.2) is 17.7 Å². The van der Waals surface area contributed by atoms with E-state index in [1.807, 2.05) is 0 Å². The fraction of sp³-hybridized carbons (Fsp3) is 0.667. The average molecular weight is 91.1 g/mol. The molecule has 0 aliphatic carbocycles. The zero-order valence-electron chi connectivity index (χ0n) is 3.89. The van der Waals surface area contributed by atoms with E-state index in [0.29, 0.717) is 0 Å². The van der Waals surface area contributed by atoms with E-state index in [1.165, 1.54) is 6.92 Å². The minimum Gasteiger partial charge on any atom is -0.412 e. The van der Waals surface area contributed by atoms with E-state index >= 15 is 0 Å². The Labute approximate surface area is 37.1 Å². The van der Waals surface area contributed by atoms with E-state index < -0.39 is 0 Å². The van der Waals surface area contributed by atoms with Crippen molar-refractivity contribution < 1.29 is 10.6 Å². The van der Waals surface area contributed by atoms with Crippen LogP contribution in [0.4, 0.5) is 0 Å². The maximum absolute atomic E-state index is 7.32. The molecule has 0 aromatic heterocycles. The molecule has 0 spiro atoms. The highest BCUT2D eigenvalue weighted by atomic mass is 16.2. The van der Waals surface area contributed by atoms with Crippen molar-refractivity contribution >= 4 is 0 Å². The zero-order chi connectivity index (χ0) is 4.71. The van der Waals surface area contributed by atoms with Crippen molar-refractivity contribution in [3.63, 3.8) is 0 Å². The summed E-state index contributed by atoms with van der Waals surface area (Å²) in [5, 5.41) is 14.3. The lowest BCUT2D eigenvalue weighted by Gasteiger charge is -1.21. The molecule has 0 aromatic rings. The lowest BCUT2D eigenvalue weighted by molar-refractivity contribution is 0.399. The second kappa shape index (κ2) is 305. The zero-order valence-corrected chi connectivity index (χ0v) is 3.89. The first-order valence-corrected chi connectivity index (χ1v) is 1.17. The summed E-state index contributed by atoms with van der Waals surface area (Å²) in [4.78, 5) is 0.